The summed E-state index contributed by atoms with van der Waals surface area (Å²) in [5.74, 6) is 0. The van der Waals surface area contributed by atoms with Crippen molar-refractivity contribution in [1.82, 2.24) is 0 Å². The summed E-state index contributed by atoms with van der Waals surface area (Å²) < 4.78 is 0. The zero-order valence-electron chi connectivity index (χ0n) is 35.2. The van der Waals surface area contributed by atoms with E-state index in [1.54, 1.807) is 0 Å². The van der Waals surface area contributed by atoms with Gasteiger partial charge >= 0.3 is 0 Å². The van der Waals surface area contributed by atoms with E-state index >= 15 is 0 Å². The third-order valence-electron chi connectivity index (χ3n) is 13.1. The van der Waals surface area contributed by atoms with Crippen LogP contribution in [0.5, 0.6) is 0 Å². The normalized spacial score (nSPS) is 11.4. The first-order chi connectivity index (χ1) is 31.8. The zero-order chi connectivity index (χ0) is 42.4. The fraction of sp³-hybridized carbons (Fsp3) is 0. The minimum atomic E-state index is 1.21. The van der Waals surface area contributed by atoms with Crippen molar-refractivity contribution in [3.8, 4) is 77.9 Å². The summed E-state index contributed by atoms with van der Waals surface area (Å²) in [7, 11) is 0. The monoisotopic (exact) mass is 810 g/mol. The predicted octanol–water partition coefficient (Wildman–Crippen LogP) is 18.0. The Bertz CT molecular complexity index is 3280. The summed E-state index contributed by atoms with van der Waals surface area (Å²) in [6.45, 7) is 0. The molecular weight excluding hydrogens is 769 g/mol. The lowest BCUT2D eigenvalue weighted by atomic mass is 9.81. The Morgan fingerprint density at radius 2 is 0.266 bits per heavy atom. The second kappa shape index (κ2) is 15.9. The lowest BCUT2D eigenvalue weighted by Crippen LogP contribution is -1.94. The van der Waals surface area contributed by atoms with Crippen LogP contribution in [0.25, 0.3) is 121 Å². The van der Waals surface area contributed by atoms with E-state index in [4.69, 9.17) is 0 Å². The highest BCUT2D eigenvalue weighted by Gasteiger charge is 2.22. The van der Waals surface area contributed by atoms with E-state index in [-0.39, 0.29) is 0 Å². The van der Waals surface area contributed by atoms with Crippen molar-refractivity contribution in [3.63, 3.8) is 0 Å². The molecule has 12 rings (SSSR count). The highest BCUT2D eigenvalue weighted by atomic mass is 14.2. The Morgan fingerprint density at radius 3 is 0.484 bits per heavy atom. The van der Waals surface area contributed by atoms with Crippen LogP contribution >= 0.6 is 0 Å². The highest BCUT2D eigenvalue weighted by Crippen LogP contribution is 2.50. The summed E-state index contributed by atoms with van der Waals surface area (Å²) in [6, 6.07) is 93.4. The van der Waals surface area contributed by atoms with E-state index in [9.17, 15) is 0 Å². The Kier molecular flexibility index (Phi) is 9.28. The molecule has 0 aromatic heterocycles. The van der Waals surface area contributed by atoms with Gasteiger partial charge in [-0.15, -0.1) is 0 Å². The molecule has 0 nitrogen and oxygen atoms in total. The summed E-state index contributed by atoms with van der Waals surface area (Å²) in [5, 5.41) is 10.0. The summed E-state index contributed by atoms with van der Waals surface area (Å²) >= 11 is 0. The van der Waals surface area contributed by atoms with Crippen LogP contribution in [-0.4, -0.2) is 0 Å². The molecule has 12 aromatic carbocycles. The van der Waals surface area contributed by atoms with E-state index in [0.29, 0.717) is 0 Å². The van der Waals surface area contributed by atoms with Gasteiger partial charge in [0.1, 0.15) is 0 Å². The molecule has 0 atom stereocenters. The molecule has 0 saturated carbocycles. The molecule has 0 heteroatoms. The lowest BCUT2D eigenvalue weighted by molar-refractivity contribution is 1.59. The van der Waals surface area contributed by atoms with Crippen LogP contribution in [0.2, 0.25) is 0 Å². The molecule has 12 aromatic rings. The predicted molar refractivity (Wildman–Crippen MR) is 275 cm³/mol. The van der Waals surface area contributed by atoms with Gasteiger partial charge in [-0.1, -0.05) is 255 Å². The maximum absolute atomic E-state index is 2.33. The molecule has 0 radical (unpaired) electrons. The highest BCUT2D eigenvalue weighted by molar-refractivity contribution is 6.30. The number of fused-ring (bicyclic) bond motifs is 4. The number of hydrogen-bond donors (Lipinski definition) is 0. The van der Waals surface area contributed by atoms with E-state index in [1.165, 1.54) is 121 Å². The molecule has 0 unspecified atom stereocenters. The first-order valence-corrected chi connectivity index (χ1v) is 22.2. The van der Waals surface area contributed by atoms with Crippen molar-refractivity contribution in [2.24, 2.45) is 0 Å². The van der Waals surface area contributed by atoms with E-state index < -0.39 is 0 Å². The molecular formula is C64H42. The van der Waals surface area contributed by atoms with Crippen molar-refractivity contribution in [1.29, 1.82) is 0 Å². The molecule has 0 amide bonds. The maximum atomic E-state index is 2.33. The average Bonchev–Trinajstić information content (AvgIpc) is 3.38. The van der Waals surface area contributed by atoms with Crippen molar-refractivity contribution in [2.75, 3.05) is 0 Å². The Balaban J connectivity index is 0.988. The van der Waals surface area contributed by atoms with E-state index in [2.05, 4.69) is 255 Å². The number of rotatable bonds is 7. The summed E-state index contributed by atoms with van der Waals surface area (Å²) in [4.78, 5) is 0. The molecule has 0 saturated heterocycles. The van der Waals surface area contributed by atoms with Gasteiger partial charge in [-0.3, -0.25) is 0 Å². The van der Waals surface area contributed by atoms with Crippen LogP contribution in [0.4, 0.5) is 0 Å². The molecule has 298 valence electrons. The smallest absolute Gasteiger partial charge is 0.00139 e. The third-order valence-corrected chi connectivity index (χ3v) is 13.1. The van der Waals surface area contributed by atoms with Gasteiger partial charge in [-0.05, 0) is 121 Å². The molecule has 0 N–H and O–H groups in total. The Morgan fingerprint density at radius 1 is 0.109 bits per heavy atom. The van der Waals surface area contributed by atoms with Crippen LogP contribution in [0.3, 0.4) is 0 Å². The van der Waals surface area contributed by atoms with Crippen molar-refractivity contribution in [3.05, 3.63) is 255 Å². The number of benzene rings is 12. The molecule has 0 aliphatic carbocycles. The second-order valence-electron chi connectivity index (χ2n) is 16.7. The molecule has 0 aliphatic rings. The number of hydrogen-bond acceptors (Lipinski definition) is 0. The van der Waals surface area contributed by atoms with Crippen molar-refractivity contribution in [2.45, 2.75) is 0 Å². The molecule has 0 fully saturated rings. The van der Waals surface area contributed by atoms with Crippen LogP contribution < -0.4 is 0 Å². The van der Waals surface area contributed by atoms with Crippen LogP contribution in [0.1, 0.15) is 0 Å². The molecule has 64 heavy (non-hydrogen) atoms. The summed E-state index contributed by atoms with van der Waals surface area (Å²) in [6.07, 6.45) is 0. The largest absolute Gasteiger partial charge is 0.0622 e. The van der Waals surface area contributed by atoms with E-state index in [0.717, 1.165) is 0 Å². The first-order valence-electron chi connectivity index (χ1n) is 22.2. The zero-order valence-corrected chi connectivity index (χ0v) is 35.2. The fourth-order valence-corrected chi connectivity index (χ4v) is 10.0. The minimum Gasteiger partial charge on any atom is -0.0622 e. The SMILES string of the molecule is c1ccc(-c2ccc(-c3ccc(-c4c5ccccc5c(-c5c6ccccc6c(-c6ccc(-c7ccc(-c8ccccc8)cc7)cc6)c6ccccc56)c5ccccc45)cc3)cc2)cc1. The summed E-state index contributed by atoms with van der Waals surface area (Å²) in [5.41, 5.74) is 17.3. The van der Waals surface area contributed by atoms with Crippen LogP contribution in [-0.2, 0) is 0 Å². The third kappa shape index (κ3) is 6.48. The topological polar surface area (TPSA) is 0 Å². The van der Waals surface area contributed by atoms with E-state index in [1.807, 2.05) is 0 Å². The minimum absolute atomic E-state index is 1.21. The second-order valence-corrected chi connectivity index (χ2v) is 16.7. The first kappa shape index (κ1) is 37.4. The molecule has 0 aliphatic heterocycles. The fourth-order valence-electron chi connectivity index (χ4n) is 10.0. The van der Waals surface area contributed by atoms with Gasteiger partial charge in [-0.25, -0.2) is 0 Å². The van der Waals surface area contributed by atoms with Gasteiger partial charge in [0.25, 0.3) is 0 Å². The van der Waals surface area contributed by atoms with Gasteiger partial charge in [0, 0.05) is 0 Å². The lowest BCUT2D eigenvalue weighted by Gasteiger charge is -2.22. The van der Waals surface area contributed by atoms with Gasteiger partial charge < -0.3 is 0 Å². The van der Waals surface area contributed by atoms with Crippen LogP contribution in [0, 0.1) is 0 Å². The average molecular weight is 811 g/mol. The maximum Gasteiger partial charge on any atom is -0.00139 e. The molecule has 0 heterocycles. The standard InChI is InChI=1S/C64H42/c1-3-15-43(16-4-1)45-27-31-47(32-28-45)49-35-39-51(40-36-49)61-53-19-7-11-23-57(53)63(58-24-12-8-20-54(58)61)64-59-25-13-9-21-55(59)62(56-22-10-14-26-60(56)64)52-41-37-50(38-42-52)48-33-29-46(30-34-48)44-17-5-2-6-18-44/h1-42H. The van der Waals surface area contributed by atoms with Gasteiger partial charge in [0.2, 0.25) is 0 Å². The van der Waals surface area contributed by atoms with Gasteiger partial charge in [0.05, 0.1) is 0 Å². The van der Waals surface area contributed by atoms with Crippen molar-refractivity contribution >= 4 is 43.1 Å². The molecule has 0 bridgehead atoms. The molecule has 0 spiro atoms. The van der Waals surface area contributed by atoms with Crippen LogP contribution in [0.15, 0.2) is 255 Å². The van der Waals surface area contributed by atoms with Gasteiger partial charge in [0.15, 0.2) is 0 Å². The Hall–Kier alpha value is -8.32. The van der Waals surface area contributed by atoms with Gasteiger partial charge in [-0.2, -0.15) is 0 Å². The Labute approximate surface area is 374 Å². The van der Waals surface area contributed by atoms with Crippen molar-refractivity contribution < 1.29 is 0 Å². The quantitative estimate of drug-likeness (QED) is 0.141.